The number of ketones is 1. The topological polar surface area (TPSA) is 43.1 Å². The third kappa shape index (κ3) is 1.45. The number of anilines is 1. The highest BCUT2D eigenvalue weighted by Crippen LogP contribution is 2.43. The summed E-state index contributed by atoms with van der Waals surface area (Å²) in [6, 6.07) is 8.52. The molecule has 0 saturated carbocycles. The summed E-state index contributed by atoms with van der Waals surface area (Å²) >= 11 is 12.0. The zero-order valence-electron chi connectivity index (χ0n) is 8.63. The summed E-state index contributed by atoms with van der Waals surface area (Å²) in [4.78, 5) is 12.2. The zero-order chi connectivity index (χ0) is 12.2. The van der Waals surface area contributed by atoms with Gasteiger partial charge in [-0.2, -0.15) is 0 Å². The molecule has 84 valence electrons. The summed E-state index contributed by atoms with van der Waals surface area (Å²) in [7, 11) is 0. The second kappa shape index (κ2) is 3.49. The highest BCUT2D eigenvalue weighted by molar-refractivity contribution is 6.39. The van der Waals surface area contributed by atoms with Crippen LogP contribution in [0.2, 0.25) is 10.0 Å². The Bertz CT molecular complexity index is 665. The maximum Gasteiger partial charge on any atom is 0.194 e. The van der Waals surface area contributed by atoms with Crippen molar-refractivity contribution in [2.24, 2.45) is 0 Å². The third-order valence-electron chi connectivity index (χ3n) is 2.86. The fourth-order valence-corrected chi connectivity index (χ4v) is 2.73. The van der Waals surface area contributed by atoms with Gasteiger partial charge in [0.05, 0.1) is 5.02 Å². The van der Waals surface area contributed by atoms with Crippen molar-refractivity contribution in [3.8, 4) is 11.1 Å². The number of halogens is 2. The number of nitrogens with two attached hydrogens (primary N) is 1. The third-order valence-corrected chi connectivity index (χ3v) is 3.37. The fourth-order valence-electron chi connectivity index (χ4n) is 2.14. The summed E-state index contributed by atoms with van der Waals surface area (Å²) in [5, 5.41) is 0.951. The number of carbonyl (C=O) groups excluding carboxylic acids is 1. The van der Waals surface area contributed by atoms with Crippen molar-refractivity contribution in [3.63, 3.8) is 0 Å². The maximum absolute atomic E-state index is 12.2. The summed E-state index contributed by atoms with van der Waals surface area (Å²) in [5.41, 5.74) is 8.95. The molecule has 0 amide bonds. The van der Waals surface area contributed by atoms with E-state index in [0.717, 1.165) is 11.1 Å². The Kier molecular flexibility index (Phi) is 2.18. The van der Waals surface area contributed by atoms with Gasteiger partial charge < -0.3 is 5.73 Å². The Balaban J connectivity index is 2.39. The number of hydrogen-bond donors (Lipinski definition) is 1. The van der Waals surface area contributed by atoms with Crippen LogP contribution in [-0.2, 0) is 0 Å². The maximum atomic E-state index is 12.2. The summed E-state index contributed by atoms with van der Waals surface area (Å²) in [6.07, 6.45) is 0. The Hall–Kier alpha value is -1.51. The van der Waals surface area contributed by atoms with Crippen molar-refractivity contribution in [1.82, 2.24) is 0 Å². The standard InChI is InChI=1S/C13H7Cl2NO/c14-6-3-10-12(11(15)4-6)8-2-1-7(16)5-9(8)13(10)17/h1-5H,16H2. The molecule has 2 nitrogen and oxygen atoms in total. The van der Waals surface area contributed by atoms with Gasteiger partial charge in [0.1, 0.15) is 0 Å². The first-order chi connectivity index (χ1) is 8.08. The van der Waals surface area contributed by atoms with Gasteiger partial charge in [-0.15, -0.1) is 0 Å². The molecule has 0 bridgehead atoms. The highest BCUT2D eigenvalue weighted by atomic mass is 35.5. The smallest absolute Gasteiger partial charge is 0.194 e. The molecule has 0 fully saturated rings. The lowest BCUT2D eigenvalue weighted by Crippen LogP contribution is -1.96. The SMILES string of the molecule is Nc1ccc2c(c1)C(=O)c1cc(Cl)cc(Cl)c1-2. The van der Waals surface area contributed by atoms with Crippen molar-refractivity contribution in [2.45, 2.75) is 0 Å². The van der Waals surface area contributed by atoms with Gasteiger partial charge in [-0.1, -0.05) is 29.3 Å². The molecule has 0 spiro atoms. The van der Waals surface area contributed by atoms with Crippen LogP contribution in [0.15, 0.2) is 30.3 Å². The number of benzene rings is 2. The predicted molar refractivity (Wildman–Crippen MR) is 69.7 cm³/mol. The van der Waals surface area contributed by atoms with E-state index >= 15 is 0 Å². The number of fused-ring (bicyclic) bond motifs is 3. The Morgan fingerprint density at radius 3 is 2.47 bits per heavy atom. The molecular formula is C13H7Cl2NO. The summed E-state index contributed by atoms with van der Waals surface area (Å²) in [5.74, 6) is -0.0771. The van der Waals surface area contributed by atoms with E-state index in [2.05, 4.69) is 0 Å². The first-order valence-corrected chi connectivity index (χ1v) is 5.77. The van der Waals surface area contributed by atoms with Crippen LogP contribution in [0.5, 0.6) is 0 Å². The molecule has 0 atom stereocenters. The van der Waals surface area contributed by atoms with Crippen molar-refractivity contribution >= 4 is 34.7 Å². The highest BCUT2D eigenvalue weighted by Gasteiger charge is 2.29. The number of rotatable bonds is 0. The van der Waals surface area contributed by atoms with Crippen LogP contribution in [0, 0.1) is 0 Å². The minimum atomic E-state index is -0.0771. The second-order valence-corrected chi connectivity index (χ2v) is 4.79. The van der Waals surface area contributed by atoms with Crippen LogP contribution in [0.4, 0.5) is 5.69 Å². The molecule has 4 heteroatoms. The van der Waals surface area contributed by atoms with E-state index in [0.29, 0.717) is 26.9 Å². The molecule has 0 aliphatic heterocycles. The second-order valence-electron chi connectivity index (χ2n) is 3.94. The molecule has 0 unspecified atom stereocenters. The molecule has 1 aliphatic rings. The lowest BCUT2D eigenvalue weighted by molar-refractivity contribution is 0.104. The predicted octanol–water partition coefficient (Wildman–Crippen LogP) is 3.79. The quantitative estimate of drug-likeness (QED) is 0.628. The van der Waals surface area contributed by atoms with Gasteiger partial charge in [-0.25, -0.2) is 0 Å². The molecule has 0 aromatic heterocycles. The lowest BCUT2D eigenvalue weighted by Gasteiger charge is -2.03. The minimum Gasteiger partial charge on any atom is -0.399 e. The van der Waals surface area contributed by atoms with Gasteiger partial charge in [0, 0.05) is 27.4 Å². The largest absolute Gasteiger partial charge is 0.399 e. The van der Waals surface area contributed by atoms with Crippen molar-refractivity contribution < 1.29 is 4.79 Å². The number of carbonyl (C=O) groups is 1. The summed E-state index contributed by atoms with van der Waals surface area (Å²) < 4.78 is 0. The Labute approximate surface area is 108 Å². The van der Waals surface area contributed by atoms with Gasteiger partial charge in [0.2, 0.25) is 0 Å². The molecule has 1 aliphatic carbocycles. The molecule has 2 aromatic rings. The average Bonchev–Trinajstić information content (AvgIpc) is 2.53. The number of hydrogen-bond acceptors (Lipinski definition) is 2. The van der Waals surface area contributed by atoms with Gasteiger partial charge in [0.15, 0.2) is 5.78 Å². The summed E-state index contributed by atoms with van der Waals surface area (Å²) in [6.45, 7) is 0. The van der Waals surface area contributed by atoms with E-state index in [-0.39, 0.29) is 5.78 Å². The number of nitrogen functional groups attached to an aromatic ring is 1. The van der Waals surface area contributed by atoms with Gasteiger partial charge in [-0.3, -0.25) is 4.79 Å². The average molecular weight is 264 g/mol. The molecule has 2 aromatic carbocycles. The lowest BCUT2D eigenvalue weighted by atomic mass is 10.1. The normalized spacial score (nSPS) is 12.5. The van der Waals surface area contributed by atoms with E-state index in [1.54, 1.807) is 24.3 Å². The molecule has 0 saturated heterocycles. The Morgan fingerprint density at radius 1 is 0.941 bits per heavy atom. The molecule has 0 radical (unpaired) electrons. The van der Waals surface area contributed by atoms with Crippen LogP contribution in [0.1, 0.15) is 15.9 Å². The Morgan fingerprint density at radius 2 is 1.71 bits per heavy atom. The molecule has 3 rings (SSSR count). The first kappa shape index (κ1) is 10.6. The molecule has 17 heavy (non-hydrogen) atoms. The van der Waals surface area contributed by atoms with E-state index in [9.17, 15) is 4.79 Å². The van der Waals surface area contributed by atoms with Gasteiger partial charge in [0.25, 0.3) is 0 Å². The molecular weight excluding hydrogens is 257 g/mol. The van der Waals surface area contributed by atoms with E-state index < -0.39 is 0 Å². The zero-order valence-corrected chi connectivity index (χ0v) is 10.1. The molecule has 2 N–H and O–H groups in total. The van der Waals surface area contributed by atoms with Gasteiger partial charge >= 0.3 is 0 Å². The van der Waals surface area contributed by atoms with Crippen molar-refractivity contribution in [1.29, 1.82) is 0 Å². The fraction of sp³-hybridized carbons (Fsp3) is 0. The van der Waals surface area contributed by atoms with E-state index in [4.69, 9.17) is 28.9 Å². The first-order valence-electron chi connectivity index (χ1n) is 5.01. The van der Waals surface area contributed by atoms with Crippen molar-refractivity contribution in [3.05, 3.63) is 51.5 Å². The van der Waals surface area contributed by atoms with Crippen LogP contribution in [0.25, 0.3) is 11.1 Å². The van der Waals surface area contributed by atoms with Crippen LogP contribution in [0.3, 0.4) is 0 Å². The van der Waals surface area contributed by atoms with E-state index in [1.807, 2.05) is 6.07 Å². The van der Waals surface area contributed by atoms with Crippen LogP contribution < -0.4 is 5.73 Å². The monoisotopic (exact) mass is 263 g/mol. The molecule has 0 heterocycles. The van der Waals surface area contributed by atoms with Crippen LogP contribution >= 0.6 is 23.2 Å². The van der Waals surface area contributed by atoms with Gasteiger partial charge in [-0.05, 0) is 29.8 Å². The van der Waals surface area contributed by atoms with Crippen LogP contribution in [-0.4, -0.2) is 5.78 Å². The van der Waals surface area contributed by atoms with Crippen molar-refractivity contribution in [2.75, 3.05) is 5.73 Å². The van der Waals surface area contributed by atoms with E-state index in [1.165, 1.54) is 0 Å². The minimum absolute atomic E-state index is 0.0771.